The number of halogens is 2. The first-order valence-electron chi connectivity index (χ1n) is 6.01. The monoisotopic (exact) mass is 291 g/mol. The third-order valence-corrected chi connectivity index (χ3v) is 3.23. The van der Waals surface area contributed by atoms with Crippen molar-refractivity contribution >= 4 is 29.0 Å². The predicted molar refractivity (Wildman–Crippen MR) is 77.1 cm³/mol. The molecular weight excluding hydrogens is 273 g/mol. The second-order valence-electron chi connectivity index (χ2n) is 3.73. The van der Waals surface area contributed by atoms with Gasteiger partial charge in [0.25, 0.3) is 0 Å². The quantitative estimate of drug-likeness (QED) is 0.837. The van der Waals surface area contributed by atoms with E-state index in [1.165, 1.54) is 0 Å². The second kappa shape index (κ2) is 7.67. The number of likely N-dealkylation sites (N-methyl/N-ethyl adjacent to an activating group) is 1. The van der Waals surface area contributed by atoms with Crippen molar-refractivity contribution in [1.29, 1.82) is 0 Å². The van der Waals surface area contributed by atoms with E-state index in [1.807, 2.05) is 0 Å². The number of aromatic nitrogens is 1. The lowest BCUT2D eigenvalue weighted by atomic mass is 10.4. The fraction of sp³-hybridized carbons (Fsp3) is 0.583. The Morgan fingerprint density at radius 3 is 2.50 bits per heavy atom. The Kier molecular flexibility index (Phi) is 6.54. The van der Waals surface area contributed by atoms with E-state index in [-0.39, 0.29) is 0 Å². The summed E-state index contributed by atoms with van der Waals surface area (Å²) in [7, 11) is 1.75. The van der Waals surface area contributed by atoms with E-state index in [9.17, 15) is 0 Å². The molecule has 1 N–H and O–H groups in total. The molecule has 0 amide bonds. The third-order valence-electron chi connectivity index (χ3n) is 2.67. The van der Waals surface area contributed by atoms with Crippen LogP contribution in [0.4, 0.5) is 5.82 Å². The smallest absolute Gasteiger partial charge is 0.234 e. The highest BCUT2D eigenvalue weighted by atomic mass is 35.5. The molecule has 1 rings (SSSR count). The van der Waals surface area contributed by atoms with Gasteiger partial charge in [-0.05, 0) is 19.2 Å². The van der Waals surface area contributed by atoms with Crippen LogP contribution in [0.5, 0.6) is 5.88 Å². The van der Waals surface area contributed by atoms with Crippen LogP contribution in [-0.2, 0) is 0 Å². The van der Waals surface area contributed by atoms with E-state index in [4.69, 9.17) is 27.9 Å². The molecule has 0 aliphatic carbocycles. The number of pyridine rings is 1. The summed E-state index contributed by atoms with van der Waals surface area (Å²) in [5.74, 6) is 0.983. The number of rotatable bonds is 7. The molecule has 0 aliphatic heterocycles. The summed E-state index contributed by atoms with van der Waals surface area (Å²) < 4.78 is 5.59. The van der Waals surface area contributed by atoms with Crippen LogP contribution in [0, 0.1) is 0 Å². The number of nitrogens with one attached hydrogen (secondary N) is 1. The number of ether oxygens (including phenoxy) is 1. The molecule has 1 heterocycles. The zero-order chi connectivity index (χ0) is 13.5. The Balaban J connectivity index is 2.61. The van der Waals surface area contributed by atoms with Gasteiger partial charge >= 0.3 is 0 Å². The molecule has 0 unspecified atom stereocenters. The molecule has 0 radical (unpaired) electrons. The van der Waals surface area contributed by atoms with Crippen molar-refractivity contribution in [2.45, 2.75) is 13.8 Å². The lowest BCUT2D eigenvalue weighted by Crippen LogP contribution is -2.28. The largest absolute Gasteiger partial charge is 0.475 e. The molecular formula is C12H19Cl2N3O. The normalized spacial score (nSPS) is 10.8. The Morgan fingerprint density at radius 2 is 1.94 bits per heavy atom. The predicted octanol–water partition coefficient (Wildman–Crippen LogP) is 3.15. The third kappa shape index (κ3) is 4.19. The molecule has 1 aromatic heterocycles. The SMILES string of the molecule is CCN(CC)CCOc1nc(NC)c(Cl)cc1Cl. The molecule has 0 bridgehead atoms. The van der Waals surface area contributed by atoms with Gasteiger partial charge in [-0.2, -0.15) is 4.98 Å². The van der Waals surface area contributed by atoms with Crippen molar-refractivity contribution in [2.75, 3.05) is 38.6 Å². The molecule has 0 aliphatic rings. The van der Waals surface area contributed by atoms with Gasteiger partial charge in [-0.3, -0.25) is 0 Å². The van der Waals surface area contributed by atoms with Crippen LogP contribution >= 0.6 is 23.2 Å². The maximum Gasteiger partial charge on any atom is 0.234 e. The minimum Gasteiger partial charge on any atom is -0.475 e. The van der Waals surface area contributed by atoms with Crippen LogP contribution in [0.2, 0.25) is 10.0 Å². The van der Waals surface area contributed by atoms with Crippen LogP contribution in [0.25, 0.3) is 0 Å². The number of hydrogen-bond acceptors (Lipinski definition) is 4. The zero-order valence-electron chi connectivity index (χ0n) is 11.0. The minimum atomic E-state index is 0.414. The molecule has 6 heteroatoms. The fourth-order valence-electron chi connectivity index (χ4n) is 1.54. The summed E-state index contributed by atoms with van der Waals surface area (Å²) in [4.78, 5) is 6.49. The fourth-order valence-corrected chi connectivity index (χ4v) is 2.05. The maximum absolute atomic E-state index is 6.03. The second-order valence-corrected chi connectivity index (χ2v) is 4.55. The first-order chi connectivity index (χ1) is 8.62. The van der Waals surface area contributed by atoms with Crippen molar-refractivity contribution in [3.05, 3.63) is 16.1 Å². The Hall–Kier alpha value is -0.710. The average molecular weight is 292 g/mol. The van der Waals surface area contributed by atoms with Gasteiger partial charge < -0.3 is 15.0 Å². The molecule has 0 spiro atoms. The van der Waals surface area contributed by atoms with Gasteiger partial charge in [-0.25, -0.2) is 0 Å². The molecule has 0 saturated heterocycles. The molecule has 1 aromatic rings. The number of hydrogen-bond donors (Lipinski definition) is 1. The van der Waals surface area contributed by atoms with E-state index in [0.29, 0.717) is 28.3 Å². The van der Waals surface area contributed by atoms with Gasteiger partial charge in [0.05, 0.1) is 5.02 Å². The van der Waals surface area contributed by atoms with E-state index in [2.05, 4.69) is 29.0 Å². The highest BCUT2D eigenvalue weighted by molar-refractivity contribution is 6.36. The summed E-state index contributed by atoms with van der Waals surface area (Å²) in [5, 5.41) is 3.81. The van der Waals surface area contributed by atoms with Crippen LogP contribution < -0.4 is 10.1 Å². The van der Waals surface area contributed by atoms with Gasteiger partial charge in [0.1, 0.15) is 17.4 Å². The van der Waals surface area contributed by atoms with Crippen LogP contribution in [0.15, 0.2) is 6.07 Å². The Labute approximate surface area is 118 Å². The topological polar surface area (TPSA) is 37.4 Å². The summed E-state index contributed by atoms with van der Waals surface area (Å²) in [6, 6.07) is 1.63. The van der Waals surface area contributed by atoms with Gasteiger partial charge in [0, 0.05) is 13.6 Å². The van der Waals surface area contributed by atoms with E-state index in [1.54, 1.807) is 13.1 Å². The highest BCUT2D eigenvalue weighted by Crippen LogP contribution is 2.30. The highest BCUT2D eigenvalue weighted by Gasteiger charge is 2.10. The van der Waals surface area contributed by atoms with Crippen molar-refractivity contribution in [3.63, 3.8) is 0 Å². The van der Waals surface area contributed by atoms with Crippen molar-refractivity contribution in [2.24, 2.45) is 0 Å². The molecule has 0 aromatic carbocycles. The molecule has 4 nitrogen and oxygen atoms in total. The average Bonchev–Trinajstić information content (AvgIpc) is 2.37. The first kappa shape index (κ1) is 15.3. The van der Waals surface area contributed by atoms with Crippen molar-refractivity contribution in [1.82, 2.24) is 9.88 Å². The summed E-state index contributed by atoms with van der Waals surface area (Å²) in [6.45, 7) is 7.65. The van der Waals surface area contributed by atoms with Crippen LogP contribution in [0.3, 0.4) is 0 Å². The number of nitrogens with zero attached hydrogens (tertiary/aromatic N) is 2. The number of anilines is 1. The summed E-state index contributed by atoms with van der Waals surface area (Å²) in [5.41, 5.74) is 0. The Morgan fingerprint density at radius 1 is 1.28 bits per heavy atom. The summed E-state index contributed by atoms with van der Waals surface area (Å²) >= 11 is 12.0. The van der Waals surface area contributed by atoms with E-state index < -0.39 is 0 Å². The minimum absolute atomic E-state index is 0.414. The molecule has 0 atom stereocenters. The Bertz CT molecular complexity index is 384. The lowest BCUT2D eigenvalue weighted by Gasteiger charge is -2.18. The molecule has 18 heavy (non-hydrogen) atoms. The first-order valence-corrected chi connectivity index (χ1v) is 6.76. The maximum atomic E-state index is 6.03. The molecule has 102 valence electrons. The molecule has 0 fully saturated rings. The van der Waals surface area contributed by atoms with Gasteiger partial charge in [-0.1, -0.05) is 37.0 Å². The van der Waals surface area contributed by atoms with E-state index in [0.717, 1.165) is 19.6 Å². The molecule has 0 saturated carbocycles. The van der Waals surface area contributed by atoms with Gasteiger partial charge in [0.15, 0.2) is 0 Å². The van der Waals surface area contributed by atoms with Crippen LogP contribution in [0.1, 0.15) is 13.8 Å². The summed E-state index contributed by atoms with van der Waals surface area (Å²) in [6.07, 6.45) is 0. The van der Waals surface area contributed by atoms with Gasteiger partial charge in [0.2, 0.25) is 5.88 Å². The zero-order valence-corrected chi connectivity index (χ0v) is 12.5. The van der Waals surface area contributed by atoms with Crippen LogP contribution in [-0.4, -0.2) is 43.2 Å². The van der Waals surface area contributed by atoms with Gasteiger partial charge in [-0.15, -0.1) is 0 Å². The van der Waals surface area contributed by atoms with Crippen molar-refractivity contribution in [3.8, 4) is 5.88 Å². The van der Waals surface area contributed by atoms with Crippen molar-refractivity contribution < 1.29 is 4.74 Å². The standard InChI is InChI=1S/C12H19Cl2N3O/c1-4-17(5-2)6-7-18-12-10(14)8-9(13)11(15-3)16-12/h8H,4-7H2,1-3H3,(H,15,16). The van der Waals surface area contributed by atoms with E-state index >= 15 is 0 Å². The lowest BCUT2D eigenvalue weighted by molar-refractivity contribution is 0.218.